The Hall–Kier alpha value is -0.550. The van der Waals surface area contributed by atoms with E-state index in [2.05, 4.69) is 45.0 Å². The third-order valence-electron chi connectivity index (χ3n) is 4.66. The molecule has 126 valence electrons. The highest BCUT2D eigenvalue weighted by atomic mass is 31.2. The fraction of sp³-hybridized carbons (Fsp3) is 0.700. The van der Waals surface area contributed by atoms with Crippen LogP contribution in [0.1, 0.15) is 64.9 Å². The van der Waals surface area contributed by atoms with Crippen LogP contribution in [0.15, 0.2) is 24.3 Å². The van der Waals surface area contributed by atoms with Crippen LogP contribution >= 0.6 is 7.26 Å². The molecule has 0 spiro atoms. The molecule has 0 saturated carbocycles. The quantitative estimate of drug-likeness (QED) is 0.393. The molecule has 1 aromatic rings. The van der Waals surface area contributed by atoms with Gasteiger partial charge in [0.25, 0.3) is 0 Å². The van der Waals surface area contributed by atoms with E-state index in [9.17, 15) is 0 Å². The van der Waals surface area contributed by atoms with E-state index in [1.54, 1.807) is 0 Å². The lowest BCUT2D eigenvalue weighted by Crippen LogP contribution is -2.12. The summed E-state index contributed by atoms with van der Waals surface area (Å²) < 4.78 is 5.62. The molecule has 0 heterocycles. The average molecular weight is 323 g/mol. The van der Waals surface area contributed by atoms with Crippen LogP contribution in [0.5, 0.6) is 5.75 Å². The van der Waals surface area contributed by atoms with Gasteiger partial charge < -0.3 is 4.74 Å². The standard InChI is InChI=1S/C20H36OP/c1-5-8-15-22(16-9-6-2,17-10-7-3)18-19-13-11-12-14-20(19)21-4/h11-14H,5-10,15-18H2,1-4H3/q+1. The molecule has 0 amide bonds. The van der Waals surface area contributed by atoms with E-state index in [4.69, 9.17) is 4.74 Å². The molecule has 0 N–H and O–H groups in total. The van der Waals surface area contributed by atoms with Crippen LogP contribution in [0.2, 0.25) is 0 Å². The Labute approximate surface area is 139 Å². The van der Waals surface area contributed by atoms with Gasteiger partial charge in [0.15, 0.2) is 0 Å². The Morgan fingerprint density at radius 3 is 1.77 bits per heavy atom. The lowest BCUT2D eigenvalue weighted by atomic mass is 10.2. The van der Waals surface area contributed by atoms with E-state index < -0.39 is 7.26 Å². The molecular formula is C20H36OP+. The number of benzene rings is 1. The first-order valence-electron chi connectivity index (χ1n) is 9.18. The van der Waals surface area contributed by atoms with Gasteiger partial charge >= 0.3 is 0 Å². The fourth-order valence-corrected chi connectivity index (χ4v) is 8.34. The van der Waals surface area contributed by atoms with E-state index in [0.29, 0.717) is 0 Å². The van der Waals surface area contributed by atoms with Crippen molar-refractivity contribution in [2.45, 2.75) is 65.5 Å². The summed E-state index contributed by atoms with van der Waals surface area (Å²) in [5.41, 5.74) is 1.45. The fourth-order valence-electron chi connectivity index (χ4n) is 3.25. The summed E-state index contributed by atoms with van der Waals surface area (Å²) >= 11 is 0. The minimum Gasteiger partial charge on any atom is -0.496 e. The number of ether oxygens (including phenoxy) is 1. The minimum atomic E-state index is -0.888. The number of hydrogen-bond acceptors (Lipinski definition) is 1. The number of para-hydroxylation sites is 1. The van der Waals surface area contributed by atoms with Crippen molar-refractivity contribution in [3.05, 3.63) is 29.8 Å². The number of methoxy groups -OCH3 is 1. The Morgan fingerprint density at radius 2 is 1.32 bits per heavy atom. The van der Waals surface area contributed by atoms with Crippen LogP contribution in [-0.2, 0) is 6.16 Å². The summed E-state index contributed by atoms with van der Waals surface area (Å²) in [5.74, 6) is 1.09. The van der Waals surface area contributed by atoms with Crippen LogP contribution in [0.4, 0.5) is 0 Å². The maximum Gasteiger partial charge on any atom is 0.125 e. The predicted molar refractivity (Wildman–Crippen MR) is 103 cm³/mol. The van der Waals surface area contributed by atoms with Crippen LogP contribution in [0, 0.1) is 0 Å². The molecule has 0 fully saturated rings. The average Bonchev–Trinajstić information content (AvgIpc) is 2.56. The number of unbranched alkanes of at least 4 members (excludes halogenated alkanes) is 3. The molecule has 0 radical (unpaired) electrons. The van der Waals surface area contributed by atoms with Gasteiger partial charge in [-0.3, -0.25) is 0 Å². The van der Waals surface area contributed by atoms with Gasteiger partial charge in [-0.1, -0.05) is 58.2 Å². The van der Waals surface area contributed by atoms with E-state index in [-0.39, 0.29) is 0 Å². The van der Waals surface area contributed by atoms with Crippen molar-refractivity contribution in [2.75, 3.05) is 25.6 Å². The predicted octanol–water partition coefficient (Wildman–Crippen LogP) is 6.61. The topological polar surface area (TPSA) is 9.23 Å². The van der Waals surface area contributed by atoms with Gasteiger partial charge in [-0.15, -0.1) is 0 Å². The normalized spacial score (nSPS) is 11.6. The van der Waals surface area contributed by atoms with Crippen LogP contribution < -0.4 is 4.74 Å². The zero-order valence-corrected chi connectivity index (χ0v) is 16.1. The summed E-state index contributed by atoms with van der Waals surface area (Å²) in [4.78, 5) is 0. The first-order chi connectivity index (χ1) is 10.7. The van der Waals surface area contributed by atoms with E-state index in [0.717, 1.165) is 5.75 Å². The van der Waals surface area contributed by atoms with E-state index >= 15 is 0 Å². The van der Waals surface area contributed by atoms with Crippen LogP contribution in [-0.4, -0.2) is 25.6 Å². The molecule has 0 atom stereocenters. The van der Waals surface area contributed by atoms with Gasteiger partial charge in [-0.2, -0.15) is 0 Å². The van der Waals surface area contributed by atoms with Gasteiger partial charge in [0, 0.05) is 12.8 Å². The lowest BCUT2D eigenvalue weighted by molar-refractivity contribution is 0.411. The van der Waals surface area contributed by atoms with Gasteiger partial charge in [-0.25, -0.2) is 0 Å². The Balaban J connectivity index is 2.97. The summed E-state index contributed by atoms with van der Waals surface area (Å²) in [5, 5.41) is 0. The van der Waals surface area contributed by atoms with Gasteiger partial charge in [-0.05, 0) is 25.3 Å². The molecule has 22 heavy (non-hydrogen) atoms. The smallest absolute Gasteiger partial charge is 0.125 e. The largest absolute Gasteiger partial charge is 0.496 e. The molecule has 0 unspecified atom stereocenters. The molecule has 1 nitrogen and oxygen atoms in total. The maximum absolute atomic E-state index is 5.62. The monoisotopic (exact) mass is 323 g/mol. The van der Waals surface area contributed by atoms with Crippen molar-refractivity contribution in [2.24, 2.45) is 0 Å². The van der Waals surface area contributed by atoms with E-state index in [1.807, 2.05) is 7.11 Å². The molecule has 0 aliphatic carbocycles. The van der Waals surface area contributed by atoms with Crippen LogP contribution in [0.25, 0.3) is 0 Å². The van der Waals surface area contributed by atoms with Crippen molar-refractivity contribution < 1.29 is 4.74 Å². The van der Waals surface area contributed by atoms with Crippen molar-refractivity contribution in [1.82, 2.24) is 0 Å². The van der Waals surface area contributed by atoms with Gasteiger partial charge in [0.1, 0.15) is 5.75 Å². The van der Waals surface area contributed by atoms with Gasteiger partial charge in [0.05, 0.1) is 31.8 Å². The second kappa shape index (κ2) is 11.1. The van der Waals surface area contributed by atoms with Crippen molar-refractivity contribution in [1.29, 1.82) is 0 Å². The first kappa shape index (κ1) is 19.5. The van der Waals surface area contributed by atoms with Crippen molar-refractivity contribution in [3.8, 4) is 5.75 Å². The summed E-state index contributed by atoms with van der Waals surface area (Å²) in [7, 11) is 0.921. The molecular weight excluding hydrogens is 287 g/mol. The second-order valence-electron chi connectivity index (χ2n) is 6.54. The molecule has 1 aromatic carbocycles. The highest BCUT2D eigenvalue weighted by molar-refractivity contribution is 7.75. The number of rotatable bonds is 12. The maximum atomic E-state index is 5.62. The molecule has 1 rings (SSSR count). The van der Waals surface area contributed by atoms with Crippen molar-refractivity contribution in [3.63, 3.8) is 0 Å². The minimum absolute atomic E-state index is 0.888. The highest BCUT2D eigenvalue weighted by Crippen LogP contribution is 2.63. The Morgan fingerprint density at radius 1 is 0.818 bits per heavy atom. The lowest BCUT2D eigenvalue weighted by Gasteiger charge is -2.28. The third kappa shape index (κ3) is 6.29. The summed E-state index contributed by atoms with van der Waals surface area (Å²) in [6.07, 6.45) is 13.9. The SMILES string of the molecule is CCCC[P+](CCCC)(CCCC)Cc1ccccc1OC. The van der Waals surface area contributed by atoms with Gasteiger partial charge in [0.2, 0.25) is 0 Å². The summed E-state index contributed by atoms with van der Waals surface area (Å²) in [6, 6.07) is 8.68. The molecule has 0 aliphatic heterocycles. The number of hydrogen-bond donors (Lipinski definition) is 0. The van der Waals surface area contributed by atoms with E-state index in [1.165, 1.54) is 68.7 Å². The highest BCUT2D eigenvalue weighted by Gasteiger charge is 2.36. The van der Waals surface area contributed by atoms with Crippen LogP contribution in [0.3, 0.4) is 0 Å². The Bertz CT molecular complexity index is 381. The molecule has 0 bridgehead atoms. The molecule has 0 aliphatic rings. The zero-order chi connectivity index (χ0) is 16.3. The third-order valence-corrected chi connectivity index (χ3v) is 9.46. The molecule has 0 saturated heterocycles. The Kier molecular flexibility index (Phi) is 9.80. The van der Waals surface area contributed by atoms with Crippen molar-refractivity contribution >= 4 is 7.26 Å². The first-order valence-corrected chi connectivity index (χ1v) is 11.7. The molecule has 2 heteroatoms. The molecule has 0 aromatic heterocycles. The zero-order valence-electron chi connectivity index (χ0n) is 15.2. The summed E-state index contributed by atoms with van der Waals surface area (Å²) in [6.45, 7) is 6.99. The second-order valence-corrected chi connectivity index (χ2v) is 10.9.